The van der Waals surface area contributed by atoms with Gasteiger partial charge >= 0.3 is 12.0 Å². The lowest BCUT2D eigenvalue weighted by atomic mass is 10.0. The molecule has 0 aliphatic rings. The van der Waals surface area contributed by atoms with Crippen LogP contribution in [0.3, 0.4) is 0 Å². The van der Waals surface area contributed by atoms with Gasteiger partial charge in [0.25, 0.3) is 0 Å². The van der Waals surface area contributed by atoms with E-state index in [1.165, 1.54) is 6.26 Å². The Kier molecular flexibility index (Phi) is 7.52. The number of urea groups is 1. The van der Waals surface area contributed by atoms with Crippen LogP contribution in [0.4, 0.5) is 4.79 Å². The molecule has 1 unspecified atom stereocenters. The van der Waals surface area contributed by atoms with Gasteiger partial charge in [0.15, 0.2) is 0 Å². The number of amides is 3. The number of carbonyl (C=O) groups excluding carboxylic acids is 2. The van der Waals surface area contributed by atoms with Crippen LogP contribution in [0.5, 0.6) is 0 Å². The summed E-state index contributed by atoms with van der Waals surface area (Å²) in [6.45, 7) is 1.93. The molecule has 0 fully saturated rings. The quantitative estimate of drug-likeness (QED) is 0.535. The van der Waals surface area contributed by atoms with E-state index < -0.39 is 23.8 Å². The molecule has 122 valence electrons. The summed E-state index contributed by atoms with van der Waals surface area (Å²) in [6, 6.07) is 2.92. The third-order valence-corrected chi connectivity index (χ3v) is 2.94. The van der Waals surface area contributed by atoms with Crippen molar-refractivity contribution in [3.8, 4) is 0 Å². The SMILES string of the molecule is CCCC(CNC(=O)CNC(=O)NCc1ccco1)C(=O)O. The van der Waals surface area contributed by atoms with Crippen molar-refractivity contribution in [1.29, 1.82) is 0 Å². The maximum absolute atomic E-state index is 11.5. The zero-order valence-electron chi connectivity index (χ0n) is 12.4. The van der Waals surface area contributed by atoms with Crippen LogP contribution in [-0.2, 0) is 16.1 Å². The molecule has 8 nitrogen and oxygen atoms in total. The summed E-state index contributed by atoms with van der Waals surface area (Å²) >= 11 is 0. The standard InChI is InChI=1S/C14H21N3O5/c1-2-4-10(13(19)20)7-15-12(18)9-17-14(21)16-8-11-5-3-6-22-11/h3,5-6,10H,2,4,7-9H2,1H3,(H,15,18)(H,19,20)(H2,16,17,21). The molecule has 0 aromatic carbocycles. The third-order valence-electron chi connectivity index (χ3n) is 2.94. The van der Waals surface area contributed by atoms with E-state index in [0.29, 0.717) is 12.2 Å². The highest BCUT2D eigenvalue weighted by Crippen LogP contribution is 2.04. The Bertz CT molecular complexity index is 487. The van der Waals surface area contributed by atoms with Gasteiger partial charge in [-0.05, 0) is 18.6 Å². The summed E-state index contributed by atoms with van der Waals surface area (Å²) in [4.78, 5) is 33.9. The summed E-state index contributed by atoms with van der Waals surface area (Å²) in [5.41, 5.74) is 0. The minimum absolute atomic E-state index is 0.0533. The van der Waals surface area contributed by atoms with Crippen molar-refractivity contribution in [2.75, 3.05) is 13.1 Å². The maximum Gasteiger partial charge on any atom is 0.315 e. The van der Waals surface area contributed by atoms with Crippen molar-refractivity contribution in [1.82, 2.24) is 16.0 Å². The summed E-state index contributed by atoms with van der Waals surface area (Å²) in [5.74, 6) is -1.38. The van der Waals surface area contributed by atoms with Crippen molar-refractivity contribution >= 4 is 17.9 Å². The zero-order chi connectivity index (χ0) is 16.4. The number of hydrogen-bond donors (Lipinski definition) is 4. The van der Waals surface area contributed by atoms with Gasteiger partial charge in [0, 0.05) is 6.54 Å². The Morgan fingerprint density at radius 2 is 2.05 bits per heavy atom. The highest BCUT2D eigenvalue weighted by molar-refractivity contribution is 5.84. The van der Waals surface area contributed by atoms with Gasteiger partial charge in [-0.2, -0.15) is 0 Å². The van der Waals surface area contributed by atoms with Gasteiger partial charge in [0.05, 0.1) is 25.3 Å². The molecule has 0 radical (unpaired) electrons. The first-order valence-electron chi connectivity index (χ1n) is 7.06. The van der Waals surface area contributed by atoms with Crippen LogP contribution >= 0.6 is 0 Å². The Hall–Kier alpha value is -2.51. The van der Waals surface area contributed by atoms with Crippen molar-refractivity contribution in [2.24, 2.45) is 5.92 Å². The fourth-order valence-corrected chi connectivity index (χ4v) is 1.76. The number of carbonyl (C=O) groups is 3. The largest absolute Gasteiger partial charge is 0.481 e. The average Bonchev–Trinajstić information content (AvgIpc) is 3.00. The topological polar surface area (TPSA) is 121 Å². The second kappa shape index (κ2) is 9.43. The third kappa shape index (κ3) is 6.78. The highest BCUT2D eigenvalue weighted by Gasteiger charge is 2.17. The van der Waals surface area contributed by atoms with Crippen LogP contribution in [-0.4, -0.2) is 36.1 Å². The lowest BCUT2D eigenvalue weighted by Gasteiger charge is -2.12. The Balaban J connectivity index is 2.19. The number of carboxylic acids is 1. The van der Waals surface area contributed by atoms with Crippen LogP contribution in [0.25, 0.3) is 0 Å². The molecule has 0 aliphatic heterocycles. The van der Waals surface area contributed by atoms with E-state index in [2.05, 4.69) is 16.0 Å². The second-order valence-corrected chi connectivity index (χ2v) is 4.74. The molecule has 1 aromatic heterocycles. The van der Waals surface area contributed by atoms with E-state index in [0.717, 1.165) is 6.42 Å². The van der Waals surface area contributed by atoms with Crippen molar-refractivity contribution in [3.63, 3.8) is 0 Å². The number of carboxylic acid groups (broad SMARTS) is 1. The Morgan fingerprint density at radius 3 is 2.64 bits per heavy atom. The monoisotopic (exact) mass is 311 g/mol. The van der Waals surface area contributed by atoms with Crippen LogP contribution < -0.4 is 16.0 Å². The fraction of sp³-hybridized carbons (Fsp3) is 0.500. The van der Waals surface area contributed by atoms with E-state index in [-0.39, 0.29) is 19.6 Å². The Labute approximate surface area is 128 Å². The number of furan rings is 1. The van der Waals surface area contributed by atoms with Gasteiger partial charge in [-0.1, -0.05) is 13.3 Å². The van der Waals surface area contributed by atoms with E-state index >= 15 is 0 Å². The molecule has 0 saturated carbocycles. The smallest absolute Gasteiger partial charge is 0.315 e. The lowest BCUT2D eigenvalue weighted by molar-refractivity contribution is -0.141. The minimum Gasteiger partial charge on any atom is -0.481 e. The fourth-order valence-electron chi connectivity index (χ4n) is 1.76. The molecule has 1 heterocycles. The predicted octanol–water partition coefficient (Wildman–Crippen LogP) is 0.696. The van der Waals surface area contributed by atoms with Gasteiger partial charge in [0.2, 0.25) is 5.91 Å². The van der Waals surface area contributed by atoms with E-state index in [1.807, 2.05) is 6.92 Å². The molecule has 0 spiro atoms. The second-order valence-electron chi connectivity index (χ2n) is 4.74. The number of rotatable bonds is 9. The van der Waals surface area contributed by atoms with E-state index in [4.69, 9.17) is 9.52 Å². The summed E-state index contributed by atoms with van der Waals surface area (Å²) in [6.07, 6.45) is 2.71. The molecule has 1 rings (SSSR count). The molecule has 8 heteroatoms. The van der Waals surface area contributed by atoms with Crippen LogP contribution in [0.1, 0.15) is 25.5 Å². The lowest BCUT2D eigenvalue weighted by Crippen LogP contribution is -2.43. The van der Waals surface area contributed by atoms with E-state index in [9.17, 15) is 14.4 Å². The van der Waals surface area contributed by atoms with Gasteiger partial charge < -0.3 is 25.5 Å². The Morgan fingerprint density at radius 1 is 1.27 bits per heavy atom. The first kappa shape index (κ1) is 17.5. The minimum atomic E-state index is -0.939. The van der Waals surface area contributed by atoms with Gasteiger partial charge in [-0.3, -0.25) is 9.59 Å². The molecule has 0 aliphatic carbocycles. The van der Waals surface area contributed by atoms with Crippen LogP contribution in [0, 0.1) is 5.92 Å². The number of aliphatic carboxylic acids is 1. The zero-order valence-corrected chi connectivity index (χ0v) is 12.4. The molecule has 22 heavy (non-hydrogen) atoms. The molecular formula is C14H21N3O5. The molecule has 1 atom stereocenters. The summed E-state index contributed by atoms with van der Waals surface area (Å²) < 4.78 is 5.04. The van der Waals surface area contributed by atoms with E-state index in [1.54, 1.807) is 12.1 Å². The molecule has 0 bridgehead atoms. The van der Waals surface area contributed by atoms with Crippen molar-refractivity contribution in [3.05, 3.63) is 24.2 Å². The van der Waals surface area contributed by atoms with Gasteiger partial charge in [0.1, 0.15) is 5.76 Å². The van der Waals surface area contributed by atoms with Gasteiger partial charge in [-0.25, -0.2) is 4.79 Å². The molecule has 3 amide bonds. The maximum atomic E-state index is 11.5. The summed E-state index contributed by atoms with van der Waals surface area (Å²) in [5, 5.41) is 16.4. The van der Waals surface area contributed by atoms with Crippen molar-refractivity contribution in [2.45, 2.75) is 26.3 Å². The molecular weight excluding hydrogens is 290 g/mol. The van der Waals surface area contributed by atoms with Gasteiger partial charge in [-0.15, -0.1) is 0 Å². The number of hydrogen-bond acceptors (Lipinski definition) is 4. The summed E-state index contributed by atoms with van der Waals surface area (Å²) in [7, 11) is 0. The highest BCUT2D eigenvalue weighted by atomic mass is 16.4. The van der Waals surface area contributed by atoms with Crippen LogP contribution in [0.15, 0.2) is 22.8 Å². The van der Waals surface area contributed by atoms with Crippen molar-refractivity contribution < 1.29 is 23.9 Å². The average molecular weight is 311 g/mol. The predicted molar refractivity (Wildman–Crippen MR) is 78.0 cm³/mol. The normalized spacial score (nSPS) is 11.5. The van der Waals surface area contributed by atoms with Crippen LogP contribution in [0.2, 0.25) is 0 Å². The molecule has 1 aromatic rings. The number of nitrogens with one attached hydrogen (secondary N) is 3. The molecule has 0 saturated heterocycles. The first-order chi connectivity index (χ1) is 10.5. The first-order valence-corrected chi connectivity index (χ1v) is 7.06. The molecule has 4 N–H and O–H groups in total.